The Labute approximate surface area is 188 Å². The summed E-state index contributed by atoms with van der Waals surface area (Å²) in [6, 6.07) is -5.72. The third-order valence-electron chi connectivity index (χ3n) is 4.51. The number of amides is 4. The second kappa shape index (κ2) is 13.1. The number of primary amides is 1. The van der Waals surface area contributed by atoms with Crippen LogP contribution in [0.3, 0.4) is 0 Å². The van der Waals surface area contributed by atoms with E-state index in [2.05, 4.69) is 25.9 Å². The Morgan fingerprint density at radius 2 is 1.73 bits per heavy atom. The maximum atomic E-state index is 12.6. The topological polar surface area (TPSA) is 263 Å². The van der Waals surface area contributed by atoms with Gasteiger partial charge in [-0.05, 0) is 13.3 Å². The van der Waals surface area contributed by atoms with Gasteiger partial charge >= 0.3 is 5.97 Å². The summed E-state index contributed by atoms with van der Waals surface area (Å²) in [7, 11) is 0. The molecule has 0 aliphatic carbocycles. The minimum atomic E-state index is -1.60. The van der Waals surface area contributed by atoms with Gasteiger partial charge in [-0.25, -0.2) is 9.78 Å². The van der Waals surface area contributed by atoms with Crippen molar-refractivity contribution in [2.24, 2.45) is 11.5 Å². The lowest BCUT2D eigenvalue weighted by molar-refractivity contribution is -0.143. The van der Waals surface area contributed by atoms with Crippen LogP contribution in [0.4, 0.5) is 0 Å². The monoisotopic (exact) mass is 471 g/mol. The molecule has 4 amide bonds. The number of aromatic nitrogens is 2. The van der Waals surface area contributed by atoms with E-state index in [0.29, 0.717) is 5.69 Å². The molecular formula is C18H29N7O8. The molecule has 0 saturated carbocycles. The highest BCUT2D eigenvalue weighted by molar-refractivity contribution is 5.94. The highest BCUT2D eigenvalue weighted by Gasteiger charge is 2.32. The highest BCUT2D eigenvalue weighted by Crippen LogP contribution is 2.02. The number of nitrogens with two attached hydrogens (primary N) is 2. The first-order valence-electron chi connectivity index (χ1n) is 9.90. The Morgan fingerprint density at radius 3 is 2.21 bits per heavy atom. The van der Waals surface area contributed by atoms with Crippen LogP contribution in [0, 0.1) is 0 Å². The number of carbonyl (C=O) groups is 5. The van der Waals surface area contributed by atoms with Crippen molar-refractivity contribution in [3.8, 4) is 0 Å². The van der Waals surface area contributed by atoms with Gasteiger partial charge in [0.05, 0.1) is 25.1 Å². The van der Waals surface area contributed by atoms with Crippen molar-refractivity contribution in [3.05, 3.63) is 18.2 Å². The van der Waals surface area contributed by atoms with Crippen LogP contribution in [0.25, 0.3) is 0 Å². The van der Waals surface area contributed by atoms with Gasteiger partial charge in [-0.15, -0.1) is 0 Å². The molecule has 5 unspecified atom stereocenters. The molecule has 0 radical (unpaired) electrons. The van der Waals surface area contributed by atoms with Crippen molar-refractivity contribution in [1.82, 2.24) is 25.9 Å². The van der Waals surface area contributed by atoms with Gasteiger partial charge in [0, 0.05) is 24.7 Å². The van der Waals surface area contributed by atoms with Gasteiger partial charge in [0.1, 0.15) is 18.1 Å². The summed E-state index contributed by atoms with van der Waals surface area (Å²) in [6.07, 6.45) is 0.852. The molecule has 15 heteroatoms. The Balaban J connectivity index is 2.79. The largest absolute Gasteiger partial charge is 0.480 e. The molecule has 5 atom stereocenters. The van der Waals surface area contributed by atoms with Crippen molar-refractivity contribution < 1.29 is 39.3 Å². The number of nitrogens with zero attached hydrogens (tertiary/aromatic N) is 1. The van der Waals surface area contributed by atoms with Gasteiger partial charge in [0.15, 0.2) is 0 Å². The third-order valence-corrected chi connectivity index (χ3v) is 4.51. The third kappa shape index (κ3) is 9.22. The molecule has 1 aromatic heterocycles. The maximum Gasteiger partial charge on any atom is 0.326 e. The van der Waals surface area contributed by atoms with Crippen molar-refractivity contribution in [3.63, 3.8) is 0 Å². The molecule has 0 aromatic carbocycles. The zero-order chi connectivity index (χ0) is 25.1. The van der Waals surface area contributed by atoms with Gasteiger partial charge in [-0.2, -0.15) is 0 Å². The molecule has 184 valence electrons. The maximum absolute atomic E-state index is 12.6. The van der Waals surface area contributed by atoms with Crippen LogP contribution < -0.4 is 27.4 Å². The van der Waals surface area contributed by atoms with Crippen molar-refractivity contribution in [2.75, 3.05) is 6.61 Å². The number of aromatic amines is 1. The number of carbonyl (C=O) groups excluding carboxylic acids is 4. The molecule has 1 heterocycles. The fourth-order valence-electron chi connectivity index (χ4n) is 2.64. The minimum Gasteiger partial charge on any atom is -0.480 e. The second-order valence-corrected chi connectivity index (χ2v) is 7.26. The van der Waals surface area contributed by atoms with E-state index in [1.54, 1.807) is 0 Å². The van der Waals surface area contributed by atoms with Crippen LogP contribution in [0.15, 0.2) is 12.5 Å². The molecule has 0 aliphatic rings. The molecular weight excluding hydrogens is 442 g/mol. The summed E-state index contributed by atoms with van der Waals surface area (Å²) in [6.45, 7) is 0.313. The normalized spacial score (nSPS) is 15.4. The van der Waals surface area contributed by atoms with Gasteiger partial charge in [0.2, 0.25) is 23.6 Å². The first-order valence-corrected chi connectivity index (χ1v) is 9.90. The number of carboxylic acid groups (broad SMARTS) is 1. The van der Waals surface area contributed by atoms with E-state index < -0.39 is 66.5 Å². The van der Waals surface area contributed by atoms with Crippen LogP contribution in [-0.2, 0) is 30.4 Å². The molecule has 1 rings (SSSR count). The van der Waals surface area contributed by atoms with E-state index >= 15 is 0 Å². The zero-order valence-corrected chi connectivity index (χ0v) is 17.9. The number of aliphatic hydroxyl groups is 2. The van der Waals surface area contributed by atoms with Gasteiger partial charge < -0.3 is 47.7 Å². The quantitative estimate of drug-likeness (QED) is 0.125. The van der Waals surface area contributed by atoms with E-state index in [4.69, 9.17) is 11.5 Å². The SMILES string of the molecule is CC(O)C(NC(=O)C(CO)NC(=O)C(N)CCC(N)=O)C(=O)NC(Cc1cnc[nH]1)C(=O)O. The first kappa shape index (κ1) is 27.5. The second-order valence-electron chi connectivity index (χ2n) is 7.26. The minimum absolute atomic E-state index is 0.0907. The highest BCUT2D eigenvalue weighted by atomic mass is 16.4. The average Bonchev–Trinajstić information content (AvgIpc) is 3.25. The number of hydrogen-bond donors (Lipinski definition) is 9. The molecule has 15 nitrogen and oxygen atoms in total. The summed E-state index contributed by atoms with van der Waals surface area (Å²) in [5, 5.41) is 35.3. The van der Waals surface area contributed by atoms with Gasteiger partial charge in [-0.3, -0.25) is 19.2 Å². The number of nitrogens with one attached hydrogen (secondary N) is 4. The Hall–Kier alpha value is -3.56. The summed E-state index contributed by atoms with van der Waals surface area (Å²) < 4.78 is 0. The van der Waals surface area contributed by atoms with Crippen molar-refractivity contribution >= 4 is 29.6 Å². The Kier molecular flexibility index (Phi) is 10.9. The zero-order valence-electron chi connectivity index (χ0n) is 17.9. The molecule has 33 heavy (non-hydrogen) atoms. The standard InChI is InChI=1S/C18H29N7O8/c1-8(27)14(17(31)23-11(18(32)33)4-9-5-21-7-22-9)25-16(30)12(6-26)24-15(29)10(19)2-3-13(20)28/h5,7-8,10-12,14,26-27H,2-4,6,19H2,1H3,(H2,20,28)(H,21,22)(H,23,31)(H,24,29)(H,25,30)(H,32,33). The van der Waals surface area contributed by atoms with Gasteiger partial charge in [0.25, 0.3) is 0 Å². The molecule has 0 fully saturated rings. The Morgan fingerprint density at radius 1 is 1.09 bits per heavy atom. The average molecular weight is 471 g/mol. The molecule has 0 bridgehead atoms. The lowest BCUT2D eigenvalue weighted by atomic mass is 10.1. The number of hydrogen-bond acceptors (Lipinski definition) is 9. The number of rotatable bonds is 14. The molecule has 11 N–H and O–H groups in total. The number of carboxylic acids is 1. The molecule has 0 aliphatic heterocycles. The van der Waals surface area contributed by atoms with Crippen molar-refractivity contribution in [2.45, 2.75) is 56.5 Å². The number of aliphatic hydroxyl groups excluding tert-OH is 2. The van der Waals surface area contributed by atoms with Crippen LogP contribution in [0.1, 0.15) is 25.5 Å². The van der Waals surface area contributed by atoms with E-state index in [-0.39, 0.29) is 19.3 Å². The summed E-state index contributed by atoms with van der Waals surface area (Å²) in [4.78, 5) is 65.8. The summed E-state index contributed by atoms with van der Waals surface area (Å²) in [5.41, 5.74) is 11.0. The summed E-state index contributed by atoms with van der Waals surface area (Å²) in [5.74, 6) is -4.93. The number of imidazole rings is 1. The fourth-order valence-corrected chi connectivity index (χ4v) is 2.64. The van der Waals surface area contributed by atoms with E-state index in [0.717, 1.165) is 0 Å². The first-order chi connectivity index (χ1) is 15.5. The number of H-pyrrole nitrogens is 1. The Bertz CT molecular complexity index is 830. The molecule has 1 aromatic rings. The van der Waals surface area contributed by atoms with E-state index in [1.165, 1.54) is 19.4 Å². The van der Waals surface area contributed by atoms with Crippen LogP contribution in [0.5, 0.6) is 0 Å². The predicted molar refractivity (Wildman–Crippen MR) is 111 cm³/mol. The molecule has 0 saturated heterocycles. The van der Waals surface area contributed by atoms with E-state index in [9.17, 15) is 39.3 Å². The van der Waals surface area contributed by atoms with E-state index in [1.807, 2.05) is 0 Å². The summed E-state index contributed by atoms with van der Waals surface area (Å²) >= 11 is 0. The van der Waals surface area contributed by atoms with Crippen LogP contribution in [-0.4, -0.2) is 91.8 Å². The lowest BCUT2D eigenvalue weighted by Gasteiger charge is -2.25. The lowest BCUT2D eigenvalue weighted by Crippen LogP contribution is -2.60. The van der Waals surface area contributed by atoms with Gasteiger partial charge in [-0.1, -0.05) is 0 Å². The molecule has 0 spiro atoms. The smallest absolute Gasteiger partial charge is 0.326 e. The number of aliphatic carboxylic acids is 1. The van der Waals surface area contributed by atoms with Crippen LogP contribution >= 0.6 is 0 Å². The van der Waals surface area contributed by atoms with Crippen molar-refractivity contribution in [1.29, 1.82) is 0 Å². The fraction of sp³-hybridized carbons (Fsp3) is 0.556. The van der Waals surface area contributed by atoms with Crippen LogP contribution in [0.2, 0.25) is 0 Å². The predicted octanol–water partition coefficient (Wildman–Crippen LogP) is -4.54.